The normalized spacial score (nSPS) is 15.8. The van der Waals surface area contributed by atoms with Crippen LogP contribution in [0.4, 0.5) is 0 Å². The SMILES string of the molecule is COC(=O)c1ccc(COC(=O)c2c3c(nc4ccccc24)CCC(C(C)(C)C)C3)cc1. The second-order valence-electron chi connectivity index (χ2n) is 9.50. The minimum absolute atomic E-state index is 0.133. The van der Waals surface area contributed by atoms with Crippen molar-refractivity contribution < 1.29 is 19.1 Å². The molecule has 0 saturated carbocycles. The first-order valence-corrected chi connectivity index (χ1v) is 11.0. The zero-order valence-corrected chi connectivity index (χ0v) is 19.1. The highest BCUT2D eigenvalue weighted by atomic mass is 16.5. The van der Waals surface area contributed by atoms with Crippen LogP contribution in [0.5, 0.6) is 0 Å². The lowest BCUT2D eigenvalue weighted by Crippen LogP contribution is -2.29. The molecule has 0 spiro atoms. The van der Waals surface area contributed by atoms with Crippen LogP contribution in [-0.2, 0) is 28.9 Å². The summed E-state index contributed by atoms with van der Waals surface area (Å²) in [5.41, 5.74) is 4.95. The highest BCUT2D eigenvalue weighted by molar-refractivity contribution is 6.05. The third-order valence-corrected chi connectivity index (χ3v) is 6.43. The van der Waals surface area contributed by atoms with Crippen LogP contribution < -0.4 is 0 Å². The van der Waals surface area contributed by atoms with E-state index in [1.165, 1.54) is 7.11 Å². The van der Waals surface area contributed by atoms with Crippen LogP contribution in [-0.4, -0.2) is 24.0 Å². The highest BCUT2D eigenvalue weighted by Gasteiger charge is 2.33. The lowest BCUT2D eigenvalue weighted by Gasteiger charge is -2.35. The molecule has 3 aromatic rings. The highest BCUT2D eigenvalue weighted by Crippen LogP contribution is 2.39. The first-order chi connectivity index (χ1) is 15.3. The van der Waals surface area contributed by atoms with Crippen molar-refractivity contribution in [3.63, 3.8) is 0 Å². The summed E-state index contributed by atoms with van der Waals surface area (Å²) >= 11 is 0. The fourth-order valence-corrected chi connectivity index (χ4v) is 4.44. The van der Waals surface area contributed by atoms with E-state index in [-0.39, 0.29) is 18.0 Å². The van der Waals surface area contributed by atoms with Gasteiger partial charge in [-0.15, -0.1) is 0 Å². The van der Waals surface area contributed by atoms with Crippen LogP contribution in [0.15, 0.2) is 48.5 Å². The molecule has 0 N–H and O–H groups in total. The second kappa shape index (κ2) is 8.73. The quantitative estimate of drug-likeness (QED) is 0.508. The minimum Gasteiger partial charge on any atom is -0.465 e. The predicted molar refractivity (Wildman–Crippen MR) is 124 cm³/mol. The molecule has 0 saturated heterocycles. The van der Waals surface area contributed by atoms with Gasteiger partial charge in [0.05, 0.1) is 23.8 Å². The summed E-state index contributed by atoms with van der Waals surface area (Å²) in [6, 6.07) is 14.7. The molecular formula is C27H29NO4. The summed E-state index contributed by atoms with van der Waals surface area (Å²) in [5, 5.41) is 0.840. The van der Waals surface area contributed by atoms with Gasteiger partial charge in [-0.3, -0.25) is 4.98 Å². The number of carbonyl (C=O) groups excluding carboxylic acids is 2. The van der Waals surface area contributed by atoms with Crippen LogP contribution in [0, 0.1) is 11.3 Å². The van der Waals surface area contributed by atoms with Gasteiger partial charge in [-0.2, -0.15) is 0 Å². The average molecular weight is 432 g/mol. The van der Waals surface area contributed by atoms with Gasteiger partial charge in [0.1, 0.15) is 6.61 Å². The van der Waals surface area contributed by atoms with Crippen molar-refractivity contribution in [1.82, 2.24) is 4.98 Å². The lowest BCUT2D eigenvalue weighted by atomic mass is 9.70. The summed E-state index contributed by atoms with van der Waals surface area (Å²) in [7, 11) is 1.35. The molecule has 1 atom stereocenters. The van der Waals surface area contributed by atoms with E-state index in [1.807, 2.05) is 24.3 Å². The van der Waals surface area contributed by atoms with Crippen molar-refractivity contribution in [3.8, 4) is 0 Å². The molecule has 0 amide bonds. The van der Waals surface area contributed by atoms with E-state index in [0.717, 1.165) is 47.0 Å². The molecule has 0 radical (unpaired) electrons. The number of aryl methyl sites for hydroxylation is 1. The number of carbonyl (C=O) groups is 2. The van der Waals surface area contributed by atoms with E-state index in [0.29, 0.717) is 17.0 Å². The van der Waals surface area contributed by atoms with Crippen LogP contribution in [0.1, 0.15) is 64.7 Å². The first kappa shape index (κ1) is 22.0. The van der Waals surface area contributed by atoms with Crippen LogP contribution in [0.3, 0.4) is 0 Å². The van der Waals surface area contributed by atoms with Gasteiger partial charge in [0.25, 0.3) is 0 Å². The van der Waals surface area contributed by atoms with E-state index in [2.05, 4.69) is 20.8 Å². The molecule has 5 heteroatoms. The maximum atomic E-state index is 13.4. The number of pyridine rings is 1. The number of esters is 2. The molecule has 1 unspecified atom stereocenters. The number of benzene rings is 2. The van der Waals surface area contributed by atoms with Gasteiger partial charge in [0, 0.05) is 11.1 Å². The molecule has 1 aliphatic carbocycles. The van der Waals surface area contributed by atoms with Crippen molar-refractivity contribution >= 4 is 22.8 Å². The van der Waals surface area contributed by atoms with Crippen LogP contribution in [0.2, 0.25) is 0 Å². The molecule has 32 heavy (non-hydrogen) atoms. The van der Waals surface area contributed by atoms with Crippen LogP contribution in [0.25, 0.3) is 10.9 Å². The summed E-state index contributed by atoms with van der Waals surface area (Å²) < 4.78 is 10.5. The zero-order chi connectivity index (χ0) is 22.9. The molecular weight excluding hydrogens is 402 g/mol. The van der Waals surface area contributed by atoms with Gasteiger partial charge in [0.2, 0.25) is 0 Å². The van der Waals surface area contributed by atoms with E-state index < -0.39 is 5.97 Å². The number of methoxy groups -OCH3 is 1. The number of nitrogens with zero attached hydrogens (tertiary/aromatic N) is 1. The van der Waals surface area contributed by atoms with E-state index in [9.17, 15) is 9.59 Å². The Morgan fingerprint density at radius 3 is 2.44 bits per heavy atom. The molecule has 1 heterocycles. The number of para-hydroxylation sites is 1. The Hall–Kier alpha value is -3.21. The Labute approximate surface area is 188 Å². The Balaban J connectivity index is 1.64. The summed E-state index contributed by atoms with van der Waals surface area (Å²) in [4.78, 5) is 29.9. The van der Waals surface area contributed by atoms with Gasteiger partial charge in [0.15, 0.2) is 0 Å². The Morgan fingerprint density at radius 2 is 1.75 bits per heavy atom. The van der Waals surface area contributed by atoms with E-state index in [1.54, 1.807) is 24.3 Å². The van der Waals surface area contributed by atoms with Gasteiger partial charge < -0.3 is 9.47 Å². The molecule has 1 aromatic heterocycles. The average Bonchev–Trinajstić information content (AvgIpc) is 2.79. The molecule has 166 valence electrons. The van der Waals surface area contributed by atoms with Gasteiger partial charge in [-0.05, 0) is 59.9 Å². The molecule has 0 aliphatic heterocycles. The van der Waals surface area contributed by atoms with Gasteiger partial charge in [-0.1, -0.05) is 51.1 Å². The second-order valence-corrected chi connectivity index (χ2v) is 9.50. The third kappa shape index (κ3) is 4.38. The number of hydrogen-bond donors (Lipinski definition) is 0. The Bertz CT molecular complexity index is 1160. The fraction of sp³-hybridized carbons (Fsp3) is 0.370. The molecule has 1 aliphatic rings. The summed E-state index contributed by atoms with van der Waals surface area (Å²) in [6.07, 6.45) is 2.77. The van der Waals surface area contributed by atoms with Crippen LogP contribution >= 0.6 is 0 Å². The van der Waals surface area contributed by atoms with E-state index in [4.69, 9.17) is 14.5 Å². The standard InChI is InChI=1S/C27H29NO4/c1-27(2,3)19-13-14-23-21(15-19)24(20-7-5-6-8-22(20)28-23)26(30)32-16-17-9-11-18(12-10-17)25(29)31-4/h5-12,19H,13-16H2,1-4H3. The number of hydrogen-bond acceptors (Lipinski definition) is 5. The van der Waals surface area contributed by atoms with Crippen molar-refractivity contribution in [2.75, 3.05) is 7.11 Å². The largest absolute Gasteiger partial charge is 0.465 e. The zero-order valence-electron chi connectivity index (χ0n) is 19.1. The number of fused-ring (bicyclic) bond motifs is 2. The van der Waals surface area contributed by atoms with Crippen molar-refractivity contribution in [3.05, 3.63) is 76.5 Å². The minimum atomic E-state index is -0.392. The topological polar surface area (TPSA) is 65.5 Å². The van der Waals surface area contributed by atoms with Crippen molar-refractivity contribution in [2.24, 2.45) is 11.3 Å². The Morgan fingerprint density at radius 1 is 1.03 bits per heavy atom. The molecule has 2 aromatic carbocycles. The molecule has 0 fully saturated rings. The van der Waals surface area contributed by atoms with Crippen molar-refractivity contribution in [2.45, 2.75) is 46.6 Å². The van der Waals surface area contributed by atoms with Gasteiger partial charge in [-0.25, -0.2) is 9.59 Å². The maximum absolute atomic E-state index is 13.4. The van der Waals surface area contributed by atoms with Crippen molar-refractivity contribution in [1.29, 1.82) is 0 Å². The predicted octanol–water partition coefficient (Wildman–Crippen LogP) is 5.53. The third-order valence-electron chi connectivity index (χ3n) is 6.43. The summed E-state index contributed by atoms with van der Waals surface area (Å²) in [6.45, 7) is 6.90. The molecule has 5 nitrogen and oxygen atoms in total. The number of ether oxygens (including phenoxy) is 2. The van der Waals surface area contributed by atoms with E-state index >= 15 is 0 Å². The monoisotopic (exact) mass is 431 g/mol. The summed E-state index contributed by atoms with van der Waals surface area (Å²) in [5.74, 6) is -0.237. The van der Waals surface area contributed by atoms with Gasteiger partial charge >= 0.3 is 11.9 Å². The first-order valence-electron chi connectivity index (χ1n) is 11.0. The lowest BCUT2D eigenvalue weighted by molar-refractivity contribution is 0.0470. The maximum Gasteiger partial charge on any atom is 0.339 e. The Kier molecular flexibility index (Phi) is 6.00. The molecule has 0 bridgehead atoms. The number of aromatic nitrogens is 1. The smallest absolute Gasteiger partial charge is 0.339 e. The molecule has 4 rings (SSSR count). The fourth-order valence-electron chi connectivity index (χ4n) is 4.44. The number of rotatable bonds is 4.